The van der Waals surface area contributed by atoms with E-state index in [1.165, 1.54) is 14.2 Å². The Balaban J connectivity index is 4.42. The highest BCUT2D eigenvalue weighted by Crippen LogP contribution is 2.17. The van der Waals surface area contributed by atoms with E-state index in [9.17, 15) is 0 Å². The van der Waals surface area contributed by atoms with Gasteiger partial charge in [-0.1, -0.05) is 0 Å². The zero-order valence-electron chi connectivity index (χ0n) is 11.2. The number of methoxy groups -OCH3 is 3. The van der Waals surface area contributed by atoms with Crippen LogP contribution in [0, 0.1) is 0 Å². The van der Waals surface area contributed by atoms with Crippen molar-refractivity contribution < 1.29 is 23.1 Å². The zero-order valence-corrected chi connectivity index (χ0v) is 12.4. The highest BCUT2D eigenvalue weighted by Gasteiger charge is 2.35. The van der Waals surface area contributed by atoms with Gasteiger partial charge in [-0.2, -0.15) is 0 Å². The third kappa shape index (κ3) is 6.46. The van der Waals surface area contributed by atoms with E-state index in [0.717, 1.165) is 12.5 Å². The smallest absolute Gasteiger partial charge is 0.326 e. The van der Waals surface area contributed by atoms with Gasteiger partial charge in [-0.25, -0.2) is 0 Å². The normalized spacial score (nSPS) is 13.9. The molecule has 0 aromatic rings. The van der Waals surface area contributed by atoms with Crippen LogP contribution in [0.5, 0.6) is 0 Å². The maximum atomic E-state index is 5.81. The number of hydrogen-bond donors (Lipinski definition) is 1. The van der Waals surface area contributed by atoms with E-state index in [1.807, 2.05) is 6.92 Å². The number of nitrogens with two attached hydrogens (primary N) is 1. The maximum absolute atomic E-state index is 5.81. The molecule has 104 valence electrons. The lowest BCUT2D eigenvalue weighted by Gasteiger charge is -2.32. The molecule has 0 aliphatic carbocycles. The highest BCUT2D eigenvalue weighted by molar-refractivity contribution is 6.44. The summed E-state index contributed by atoms with van der Waals surface area (Å²) in [5.41, 5.74) is 5.48. The Kier molecular flexibility index (Phi) is 9.94. The Morgan fingerprint density at radius 2 is 1.82 bits per heavy atom. The van der Waals surface area contributed by atoms with Crippen LogP contribution in [0.15, 0.2) is 0 Å². The van der Waals surface area contributed by atoms with Crippen molar-refractivity contribution in [1.82, 2.24) is 0 Å². The van der Waals surface area contributed by atoms with E-state index >= 15 is 0 Å². The van der Waals surface area contributed by atoms with Gasteiger partial charge in [0, 0.05) is 27.9 Å². The van der Waals surface area contributed by atoms with E-state index in [1.54, 1.807) is 7.11 Å². The molecule has 1 atom stereocenters. The van der Waals surface area contributed by atoms with E-state index in [4.69, 9.17) is 28.8 Å². The van der Waals surface area contributed by atoms with Crippen molar-refractivity contribution in [3.63, 3.8) is 0 Å². The van der Waals surface area contributed by atoms with E-state index < -0.39 is 15.3 Å². The summed E-state index contributed by atoms with van der Waals surface area (Å²) in [6.45, 7) is 3.36. The minimum atomic E-state index is -1.85. The Bertz CT molecular complexity index is 180. The van der Waals surface area contributed by atoms with Gasteiger partial charge in [0.1, 0.15) is 6.61 Å². The van der Waals surface area contributed by atoms with Gasteiger partial charge >= 0.3 is 9.28 Å². The van der Waals surface area contributed by atoms with Gasteiger partial charge < -0.3 is 28.8 Å². The molecule has 0 heterocycles. The molecule has 0 amide bonds. The molecule has 17 heavy (non-hydrogen) atoms. The molecule has 7 heteroatoms. The maximum Gasteiger partial charge on any atom is 0.326 e. The molecular formula is C10H25NO5Si. The average Bonchev–Trinajstić information content (AvgIpc) is 2.35. The van der Waals surface area contributed by atoms with Crippen molar-refractivity contribution in [2.24, 2.45) is 5.73 Å². The third-order valence-electron chi connectivity index (χ3n) is 2.25. The van der Waals surface area contributed by atoms with Crippen LogP contribution in [0.3, 0.4) is 0 Å². The molecule has 2 N–H and O–H groups in total. The molecule has 0 saturated heterocycles. The zero-order chi connectivity index (χ0) is 13.1. The van der Waals surface area contributed by atoms with Crippen molar-refractivity contribution in [2.45, 2.75) is 25.4 Å². The van der Waals surface area contributed by atoms with Crippen LogP contribution in [-0.2, 0) is 23.1 Å². The quantitative estimate of drug-likeness (QED) is 0.426. The molecule has 1 unspecified atom stereocenters. The summed E-state index contributed by atoms with van der Waals surface area (Å²) >= 11 is 0. The lowest BCUT2D eigenvalue weighted by atomic mass is 10.5. The Hall–Kier alpha value is -0.0231. The van der Waals surface area contributed by atoms with Gasteiger partial charge in [0.05, 0.1) is 0 Å². The summed E-state index contributed by atoms with van der Waals surface area (Å²) in [5, 5.41) is 0. The Morgan fingerprint density at radius 1 is 1.18 bits per heavy atom. The van der Waals surface area contributed by atoms with Gasteiger partial charge in [-0.15, -0.1) is 0 Å². The van der Waals surface area contributed by atoms with Crippen LogP contribution in [-0.4, -0.2) is 56.3 Å². The van der Waals surface area contributed by atoms with Crippen LogP contribution in [0.4, 0.5) is 0 Å². The van der Waals surface area contributed by atoms with Gasteiger partial charge in [0.15, 0.2) is 0 Å². The second-order valence-electron chi connectivity index (χ2n) is 3.46. The first-order valence-corrected chi connectivity index (χ1v) is 7.52. The summed E-state index contributed by atoms with van der Waals surface area (Å²) < 4.78 is 26.9. The lowest BCUT2D eigenvalue weighted by molar-refractivity contribution is -0.345. The fourth-order valence-electron chi connectivity index (χ4n) is 1.36. The average molecular weight is 267 g/mol. The molecule has 0 fully saturated rings. The van der Waals surface area contributed by atoms with Crippen molar-refractivity contribution in [3.8, 4) is 0 Å². The lowest BCUT2D eigenvalue weighted by Crippen LogP contribution is -2.47. The first-order valence-electron chi connectivity index (χ1n) is 5.76. The summed E-state index contributed by atoms with van der Waals surface area (Å²) in [5.74, 6) is -1.17. The minimum Gasteiger partial charge on any atom is -0.397 e. The number of hydrogen-bond acceptors (Lipinski definition) is 6. The molecule has 0 aromatic heterocycles. The summed E-state index contributed by atoms with van der Waals surface area (Å²) in [6, 6.07) is 0.822. The molecular weight excluding hydrogens is 242 g/mol. The second kappa shape index (κ2) is 9.95. The molecule has 0 aliphatic heterocycles. The van der Waals surface area contributed by atoms with Crippen LogP contribution in [0.1, 0.15) is 13.3 Å². The van der Waals surface area contributed by atoms with E-state index in [2.05, 4.69) is 0 Å². The van der Waals surface area contributed by atoms with Gasteiger partial charge in [-0.3, -0.25) is 0 Å². The molecule has 0 spiro atoms. The molecule has 0 rings (SSSR count). The second-order valence-corrected chi connectivity index (χ2v) is 5.46. The van der Waals surface area contributed by atoms with Crippen LogP contribution in [0.25, 0.3) is 0 Å². The van der Waals surface area contributed by atoms with Crippen molar-refractivity contribution in [2.75, 3.05) is 41.1 Å². The molecule has 0 saturated carbocycles. The van der Waals surface area contributed by atoms with E-state index in [0.29, 0.717) is 13.2 Å². The van der Waals surface area contributed by atoms with Crippen molar-refractivity contribution >= 4 is 9.28 Å². The van der Waals surface area contributed by atoms with Crippen LogP contribution >= 0.6 is 0 Å². The number of ether oxygens (including phenoxy) is 3. The monoisotopic (exact) mass is 267 g/mol. The topological polar surface area (TPSA) is 72.2 Å². The molecule has 0 aromatic carbocycles. The predicted octanol–water partition coefficient (Wildman–Crippen LogP) is 0.202. The highest BCUT2D eigenvalue weighted by atomic mass is 28.3. The summed E-state index contributed by atoms with van der Waals surface area (Å²) in [4.78, 5) is 0. The summed E-state index contributed by atoms with van der Waals surface area (Å²) in [7, 11) is 2.74. The minimum absolute atomic E-state index is 0.194. The van der Waals surface area contributed by atoms with Crippen molar-refractivity contribution in [3.05, 3.63) is 0 Å². The number of rotatable bonds is 11. The molecule has 0 radical (unpaired) electrons. The largest absolute Gasteiger partial charge is 0.397 e. The van der Waals surface area contributed by atoms with Gasteiger partial charge in [-0.05, 0) is 25.9 Å². The molecule has 6 nitrogen and oxygen atoms in total. The summed E-state index contributed by atoms with van der Waals surface area (Å²) in [6.07, 6.45) is 0.868. The van der Waals surface area contributed by atoms with Gasteiger partial charge in [0.2, 0.25) is 0 Å². The standard InChI is InChI=1S/C10H25NO5Si/c1-5-15-17(8-6-7-11)16-10(13-3,14-4)9-12-2/h17H,5-9,11H2,1-4H3. The van der Waals surface area contributed by atoms with E-state index in [-0.39, 0.29) is 6.61 Å². The molecule has 0 aliphatic rings. The van der Waals surface area contributed by atoms with Gasteiger partial charge in [0.25, 0.3) is 5.97 Å². The third-order valence-corrected chi connectivity index (χ3v) is 4.46. The van der Waals surface area contributed by atoms with Crippen LogP contribution < -0.4 is 5.73 Å². The SMILES string of the molecule is CCO[SiH](CCCN)OC(COC)(OC)OC. The Morgan fingerprint density at radius 3 is 2.24 bits per heavy atom. The Labute approximate surface area is 105 Å². The van der Waals surface area contributed by atoms with Crippen molar-refractivity contribution in [1.29, 1.82) is 0 Å². The predicted molar refractivity (Wildman–Crippen MR) is 67.0 cm³/mol. The first kappa shape index (κ1) is 17.0. The molecule has 0 bridgehead atoms. The first-order chi connectivity index (χ1) is 8.17. The fraction of sp³-hybridized carbons (Fsp3) is 1.00. The fourth-order valence-corrected chi connectivity index (χ4v) is 3.31. The van der Waals surface area contributed by atoms with Crippen LogP contribution in [0.2, 0.25) is 6.04 Å².